The van der Waals surface area contributed by atoms with Crippen molar-refractivity contribution in [2.24, 2.45) is 11.3 Å². The van der Waals surface area contributed by atoms with E-state index in [0.29, 0.717) is 25.9 Å². The quantitative estimate of drug-likeness (QED) is 0.805. The van der Waals surface area contributed by atoms with Gasteiger partial charge in [-0.1, -0.05) is 25.5 Å². The highest BCUT2D eigenvalue weighted by atomic mass is 16.4. The van der Waals surface area contributed by atoms with E-state index in [1.54, 1.807) is 4.90 Å². The Bertz CT molecular complexity index is 427. The largest absolute Gasteiger partial charge is 0.481 e. The number of hydrogen-bond acceptors (Lipinski definition) is 2. The molecule has 20 heavy (non-hydrogen) atoms. The Labute approximate surface area is 120 Å². The zero-order valence-corrected chi connectivity index (χ0v) is 12.5. The number of hydrogen-bond donors (Lipinski definition) is 1. The standard InChI is InChI=1S/C16H25NO3/c1-12(2)16(15(19)20)8-9-17(11-16)14(18)10-13-6-4-3-5-7-13/h6,12H,3-5,7-11H2,1-2H3,(H,19,20). The minimum Gasteiger partial charge on any atom is -0.481 e. The van der Waals surface area contributed by atoms with Gasteiger partial charge in [-0.15, -0.1) is 0 Å². The van der Waals surface area contributed by atoms with Gasteiger partial charge in [0.25, 0.3) is 0 Å². The van der Waals surface area contributed by atoms with Gasteiger partial charge in [0, 0.05) is 19.5 Å². The number of carbonyl (C=O) groups is 2. The van der Waals surface area contributed by atoms with E-state index in [4.69, 9.17) is 0 Å². The van der Waals surface area contributed by atoms with Crippen LogP contribution in [0.2, 0.25) is 0 Å². The van der Waals surface area contributed by atoms with Crippen LogP contribution in [-0.4, -0.2) is 35.0 Å². The Kier molecular flexibility index (Phi) is 4.51. The number of carboxylic acid groups (broad SMARTS) is 1. The SMILES string of the molecule is CC(C)C1(C(=O)O)CCN(C(=O)CC2=CCCCC2)C1. The summed E-state index contributed by atoms with van der Waals surface area (Å²) < 4.78 is 0. The summed E-state index contributed by atoms with van der Waals surface area (Å²) in [6, 6.07) is 0. The Morgan fingerprint density at radius 1 is 1.40 bits per heavy atom. The second kappa shape index (κ2) is 5.98. The highest BCUT2D eigenvalue weighted by Crippen LogP contribution is 2.38. The molecule has 1 heterocycles. The lowest BCUT2D eigenvalue weighted by Gasteiger charge is -2.28. The van der Waals surface area contributed by atoms with E-state index in [9.17, 15) is 14.7 Å². The summed E-state index contributed by atoms with van der Waals surface area (Å²) in [4.78, 5) is 25.7. The van der Waals surface area contributed by atoms with Crippen molar-refractivity contribution < 1.29 is 14.7 Å². The number of nitrogens with zero attached hydrogens (tertiary/aromatic N) is 1. The molecular formula is C16H25NO3. The van der Waals surface area contributed by atoms with Gasteiger partial charge in [0.05, 0.1) is 5.41 Å². The normalized spacial score (nSPS) is 26.8. The van der Waals surface area contributed by atoms with E-state index in [1.807, 2.05) is 13.8 Å². The predicted octanol–water partition coefficient (Wildman–Crippen LogP) is 2.84. The number of aliphatic carboxylic acids is 1. The molecule has 112 valence electrons. The molecule has 0 bridgehead atoms. The van der Waals surface area contributed by atoms with Gasteiger partial charge in [0.2, 0.25) is 5.91 Å². The zero-order chi connectivity index (χ0) is 14.8. The molecule has 2 rings (SSSR count). The second-order valence-electron chi connectivity index (χ2n) is 6.47. The van der Waals surface area contributed by atoms with Crippen LogP contribution in [0, 0.1) is 11.3 Å². The van der Waals surface area contributed by atoms with E-state index < -0.39 is 11.4 Å². The lowest BCUT2D eigenvalue weighted by Crippen LogP contribution is -2.40. The minimum absolute atomic E-state index is 0.0479. The second-order valence-corrected chi connectivity index (χ2v) is 6.47. The summed E-state index contributed by atoms with van der Waals surface area (Å²) in [7, 11) is 0. The van der Waals surface area contributed by atoms with Crippen molar-refractivity contribution in [3.8, 4) is 0 Å². The molecule has 0 radical (unpaired) electrons. The molecule has 2 aliphatic rings. The molecule has 1 atom stereocenters. The molecule has 1 fully saturated rings. The third kappa shape index (κ3) is 2.89. The van der Waals surface area contributed by atoms with Crippen LogP contribution in [0.1, 0.15) is 52.4 Å². The maximum Gasteiger partial charge on any atom is 0.311 e. The van der Waals surface area contributed by atoms with Crippen molar-refractivity contribution >= 4 is 11.9 Å². The molecule has 1 unspecified atom stereocenters. The Balaban J connectivity index is 1.99. The summed E-state index contributed by atoms with van der Waals surface area (Å²) in [5, 5.41) is 9.51. The lowest BCUT2D eigenvalue weighted by molar-refractivity contribution is -0.151. The number of likely N-dealkylation sites (tertiary alicyclic amines) is 1. The molecule has 0 saturated carbocycles. The molecule has 0 spiro atoms. The minimum atomic E-state index is -0.764. The number of amides is 1. The molecule has 1 N–H and O–H groups in total. The molecule has 1 amide bonds. The molecule has 0 aromatic heterocycles. The highest BCUT2D eigenvalue weighted by molar-refractivity contribution is 5.82. The molecule has 1 saturated heterocycles. The van der Waals surface area contributed by atoms with Gasteiger partial charge >= 0.3 is 5.97 Å². The number of carbonyl (C=O) groups excluding carboxylic acids is 1. The van der Waals surface area contributed by atoms with Crippen molar-refractivity contribution in [3.63, 3.8) is 0 Å². The van der Waals surface area contributed by atoms with E-state index in [0.717, 1.165) is 12.8 Å². The number of allylic oxidation sites excluding steroid dienone is 1. The Morgan fingerprint density at radius 2 is 2.15 bits per heavy atom. The monoisotopic (exact) mass is 279 g/mol. The maximum absolute atomic E-state index is 12.3. The van der Waals surface area contributed by atoms with Gasteiger partial charge in [-0.05, 0) is 38.0 Å². The van der Waals surface area contributed by atoms with Crippen LogP contribution in [0.3, 0.4) is 0 Å². The van der Waals surface area contributed by atoms with Crippen molar-refractivity contribution in [2.75, 3.05) is 13.1 Å². The maximum atomic E-state index is 12.3. The fraction of sp³-hybridized carbons (Fsp3) is 0.750. The third-order valence-corrected chi connectivity index (χ3v) is 4.95. The summed E-state index contributed by atoms with van der Waals surface area (Å²) in [5.74, 6) is -0.617. The third-order valence-electron chi connectivity index (χ3n) is 4.95. The van der Waals surface area contributed by atoms with Crippen LogP contribution in [-0.2, 0) is 9.59 Å². The van der Waals surface area contributed by atoms with Crippen LogP contribution < -0.4 is 0 Å². The number of rotatable bonds is 4. The van der Waals surface area contributed by atoms with Gasteiger partial charge in [-0.25, -0.2) is 0 Å². The highest BCUT2D eigenvalue weighted by Gasteiger charge is 2.48. The zero-order valence-electron chi connectivity index (χ0n) is 12.5. The molecule has 1 aliphatic carbocycles. The first-order chi connectivity index (χ1) is 9.45. The van der Waals surface area contributed by atoms with Gasteiger partial charge in [0.1, 0.15) is 0 Å². The van der Waals surface area contributed by atoms with Crippen molar-refractivity contribution in [1.29, 1.82) is 0 Å². The van der Waals surface area contributed by atoms with E-state index in [2.05, 4.69) is 6.08 Å². The molecule has 4 heteroatoms. The molecule has 1 aliphatic heterocycles. The van der Waals surface area contributed by atoms with E-state index in [-0.39, 0.29) is 11.8 Å². The van der Waals surface area contributed by atoms with Crippen LogP contribution in [0.15, 0.2) is 11.6 Å². The molecule has 0 aromatic carbocycles. The van der Waals surface area contributed by atoms with Crippen molar-refractivity contribution in [3.05, 3.63) is 11.6 Å². The van der Waals surface area contributed by atoms with Gasteiger partial charge in [-0.2, -0.15) is 0 Å². The average molecular weight is 279 g/mol. The smallest absolute Gasteiger partial charge is 0.311 e. The van der Waals surface area contributed by atoms with Crippen LogP contribution in [0.4, 0.5) is 0 Å². The van der Waals surface area contributed by atoms with Crippen molar-refractivity contribution in [2.45, 2.75) is 52.4 Å². The topological polar surface area (TPSA) is 57.6 Å². The first-order valence-electron chi connectivity index (χ1n) is 7.65. The van der Waals surface area contributed by atoms with Crippen LogP contribution >= 0.6 is 0 Å². The molecular weight excluding hydrogens is 254 g/mol. The van der Waals surface area contributed by atoms with E-state index >= 15 is 0 Å². The fourth-order valence-electron chi connectivity index (χ4n) is 3.31. The van der Waals surface area contributed by atoms with Crippen LogP contribution in [0.5, 0.6) is 0 Å². The lowest BCUT2D eigenvalue weighted by atomic mass is 9.76. The number of carboxylic acids is 1. The fourth-order valence-corrected chi connectivity index (χ4v) is 3.31. The van der Waals surface area contributed by atoms with Gasteiger partial charge in [0.15, 0.2) is 0 Å². The Morgan fingerprint density at radius 3 is 2.65 bits per heavy atom. The van der Waals surface area contributed by atoms with E-state index in [1.165, 1.54) is 18.4 Å². The Hall–Kier alpha value is -1.32. The molecule has 4 nitrogen and oxygen atoms in total. The molecule has 0 aromatic rings. The first kappa shape index (κ1) is 15.1. The predicted molar refractivity (Wildman–Crippen MR) is 77.3 cm³/mol. The summed E-state index contributed by atoms with van der Waals surface area (Å²) in [6.07, 6.45) is 7.73. The van der Waals surface area contributed by atoms with Crippen molar-refractivity contribution in [1.82, 2.24) is 4.90 Å². The van der Waals surface area contributed by atoms with Gasteiger partial charge in [-0.3, -0.25) is 9.59 Å². The average Bonchev–Trinajstić information content (AvgIpc) is 2.86. The summed E-state index contributed by atoms with van der Waals surface area (Å²) in [5.41, 5.74) is 0.481. The first-order valence-corrected chi connectivity index (χ1v) is 7.65. The summed E-state index contributed by atoms with van der Waals surface area (Å²) >= 11 is 0. The summed E-state index contributed by atoms with van der Waals surface area (Å²) in [6.45, 7) is 4.82. The van der Waals surface area contributed by atoms with Crippen LogP contribution in [0.25, 0.3) is 0 Å². The van der Waals surface area contributed by atoms with Gasteiger partial charge < -0.3 is 10.0 Å².